The average Bonchev–Trinajstić information content (AvgIpc) is 2.91. The van der Waals surface area contributed by atoms with Gasteiger partial charge in [-0.2, -0.15) is 0 Å². The molecule has 0 saturated carbocycles. The van der Waals surface area contributed by atoms with Crippen molar-refractivity contribution in [2.75, 3.05) is 55.1 Å². The normalized spacial score (nSPS) is 15.4. The summed E-state index contributed by atoms with van der Waals surface area (Å²) in [5.74, 6) is -0.246. The van der Waals surface area contributed by atoms with E-state index in [-0.39, 0.29) is 16.5 Å². The van der Waals surface area contributed by atoms with Crippen LogP contribution >= 0.6 is 11.6 Å². The Morgan fingerprint density at radius 3 is 2.38 bits per heavy atom. The SMILES string of the molecule is O=C(CN(c1cccc(F)c1)S(=O)(=O)c1ccc2c(c1)OCCO2)N1CCN(c2cccc(Cl)c2)CC1. The van der Waals surface area contributed by atoms with E-state index in [4.69, 9.17) is 21.1 Å². The summed E-state index contributed by atoms with van der Waals surface area (Å²) in [6.07, 6.45) is 0. The number of hydrogen-bond acceptors (Lipinski definition) is 6. The average molecular weight is 546 g/mol. The highest BCUT2D eigenvalue weighted by atomic mass is 35.5. The van der Waals surface area contributed by atoms with Crippen molar-refractivity contribution >= 4 is 38.9 Å². The van der Waals surface area contributed by atoms with Crippen molar-refractivity contribution in [1.82, 2.24) is 4.90 Å². The second-order valence-corrected chi connectivity index (χ2v) is 10.9. The van der Waals surface area contributed by atoms with Gasteiger partial charge >= 0.3 is 0 Å². The minimum absolute atomic E-state index is 0.0563. The van der Waals surface area contributed by atoms with E-state index in [1.807, 2.05) is 18.2 Å². The highest BCUT2D eigenvalue weighted by molar-refractivity contribution is 7.92. The van der Waals surface area contributed by atoms with Crippen LogP contribution in [0.3, 0.4) is 0 Å². The Kier molecular flexibility index (Phi) is 7.12. The van der Waals surface area contributed by atoms with Crippen LogP contribution in [0.25, 0.3) is 0 Å². The number of ether oxygens (including phenoxy) is 2. The second kappa shape index (κ2) is 10.5. The van der Waals surface area contributed by atoms with Gasteiger partial charge in [-0.3, -0.25) is 9.10 Å². The molecule has 0 spiro atoms. The molecule has 194 valence electrons. The standard InChI is InChI=1S/C26H25ClFN3O5S/c27-19-3-1-5-21(15-19)29-9-11-30(12-10-29)26(32)18-31(22-6-2-4-20(28)16-22)37(33,34)23-7-8-24-25(17-23)36-14-13-35-24/h1-8,15-17H,9-14,18H2. The van der Waals surface area contributed by atoms with E-state index in [9.17, 15) is 17.6 Å². The highest BCUT2D eigenvalue weighted by Crippen LogP contribution is 2.34. The van der Waals surface area contributed by atoms with Crippen molar-refractivity contribution in [2.45, 2.75) is 4.90 Å². The van der Waals surface area contributed by atoms with E-state index in [2.05, 4.69) is 4.90 Å². The number of nitrogens with zero attached hydrogens (tertiary/aromatic N) is 3. The number of benzene rings is 3. The van der Waals surface area contributed by atoms with Gasteiger partial charge < -0.3 is 19.3 Å². The Hall–Kier alpha value is -3.50. The maximum Gasteiger partial charge on any atom is 0.264 e. The van der Waals surface area contributed by atoms with Crippen LogP contribution in [-0.4, -0.2) is 65.2 Å². The Bertz CT molecular complexity index is 1410. The Labute approximate surface area is 219 Å². The first-order valence-corrected chi connectivity index (χ1v) is 13.6. The number of carbonyl (C=O) groups excluding carboxylic acids is 1. The fourth-order valence-electron chi connectivity index (χ4n) is 4.37. The van der Waals surface area contributed by atoms with Crippen LogP contribution in [0.1, 0.15) is 0 Å². The van der Waals surface area contributed by atoms with E-state index >= 15 is 0 Å². The molecule has 37 heavy (non-hydrogen) atoms. The van der Waals surface area contributed by atoms with E-state index in [1.54, 1.807) is 11.0 Å². The lowest BCUT2D eigenvalue weighted by Gasteiger charge is -2.37. The molecule has 11 heteroatoms. The molecule has 0 aromatic heterocycles. The first kappa shape index (κ1) is 25.2. The third-order valence-corrected chi connectivity index (χ3v) is 8.29. The quantitative estimate of drug-likeness (QED) is 0.469. The minimum Gasteiger partial charge on any atom is -0.486 e. The van der Waals surface area contributed by atoms with Gasteiger partial charge in [0, 0.05) is 43.0 Å². The van der Waals surface area contributed by atoms with E-state index < -0.39 is 22.4 Å². The number of piperazine rings is 1. The molecule has 1 saturated heterocycles. The second-order valence-electron chi connectivity index (χ2n) is 8.64. The lowest BCUT2D eigenvalue weighted by molar-refractivity contribution is -0.129. The zero-order chi connectivity index (χ0) is 26.0. The van der Waals surface area contributed by atoms with Gasteiger partial charge in [-0.15, -0.1) is 0 Å². The number of amides is 1. The van der Waals surface area contributed by atoms with Crippen molar-refractivity contribution in [3.63, 3.8) is 0 Å². The molecule has 1 amide bonds. The van der Waals surface area contributed by atoms with Crippen molar-refractivity contribution < 1.29 is 27.1 Å². The molecule has 3 aromatic rings. The van der Waals surface area contributed by atoms with Gasteiger partial charge in [-0.1, -0.05) is 23.7 Å². The van der Waals surface area contributed by atoms with Crippen LogP contribution in [0, 0.1) is 5.82 Å². The predicted molar refractivity (Wildman–Crippen MR) is 139 cm³/mol. The summed E-state index contributed by atoms with van der Waals surface area (Å²) >= 11 is 6.11. The summed E-state index contributed by atoms with van der Waals surface area (Å²) in [5, 5.41) is 0.631. The predicted octanol–water partition coefficient (Wildman–Crippen LogP) is 3.79. The molecule has 1 fully saturated rings. The largest absolute Gasteiger partial charge is 0.486 e. The van der Waals surface area contributed by atoms with Gasteiger partial charge in [-0.25, -0.2) is 12.8 Å². The van der Waals surface area contributed by atoms with Crippen LogP contribution in [0.5, 0.6) is 11.5 Å². The van der Waals surface area contributed by atoms with Gasteiger partial charge in [0.05, 0.1) is 10.6 Å². The topological polar surface area (TPSA) is 79.4 Å². The molecule has 8 nitrogen and oxygen atoms in total. The number of halogens is 2. The van der Waals surface area contributed by atoms with Gasteiger partial charge in [0.2, 0.25) is 5.91 Å². The molecule has 2 aliphatic heterocycles. The Morgan fingerprint density at radius 1 is 0.919 bits per heavy atom. The fourth-order valence-corrected chi connectivity index (χ4v) is 5.97. The summed E-state index contributed by atoms with van der Waals surface area (Å²) < 4.78 is 53.5. The summed E-state index contributed by atoms with van der Waals surface area (Å²) in [5.41, 5.74) is 1.02. The lowest BCUT2D eigenvalue weighted by Crippen LogP contribution is -2.52. The molecule has 0 unspecified atom stereocenters. The lowest BCUT2D eigenvalue weighted by atomic mass is 10.2. The van der Waals surface area contributed by atoms with Crippen molar-refractivity contribution in [2.24, 2.45) is 0 Å². The monoisotopic (exact) mass is 545 g/mol. The number of anilines is 2. The molecule has 0 bridgehead atoms. The van der Waals surface area contributed by atoms with Crippen molar-refractivity contribution in [3.05, 3.63) is 77.6 Å². The molecule has 2 aliphatic rings. The number of rotatable bonds is 6. The first-order valence-electron chi connectivity index (χ1n) is 11.8. The zero-order valence-electron chi connectivity index (χ0n) is 19.8. The first-order chi connectivity index (χ1) is 17.8. The molecule has 0 aliphatic carbocycles. The molecule has 0 atom stereocenters. The molecule has 2 heterocycles. The van der Waals surface area contributed by atoms with Crippen LogP contribution in [0.2, 0.25) is 5.02 Å². The number of fused-ring (bicyclic) bond motifs is 1. The van der Waals surface area contributed by atoms with Gasteiger partial charge in [0.1, 0.15) is 25.6 Å². The number of hydrogen-bond donors (Lipinski definition) is 0. The third kappa shape index (κ3) is 5.45. The van der Waals surface area contributed by atoms with Gasteiger partial charge in [0.25, 0.3) is 10.0 Å². The minimum atomic E-state index is -4.24. The van der Waals surface area contributed by atoms with Crippen LogP contribution in [0.4, 0.5) is 15.8 Å². The molecule has 0 radical (unpaired) electrons. The summed E-state index contributed by atoms with van der Waals surface area (Å²) in [6, 6.07) is 16.9. The molecule has 0 N–H and O–H groups in total. The summed E-state index contributed by atoms with van der Waals surface area (Å²) in [4.78, 5) is 17.0. The van der Waals surface area contributed by atoms with E-state index in [0.717, 1.165) is 16.1 Å². The fraction of sp³-hybridized carbons (Fsp3) is 0.269. The van der Waals surface area contributed by atoms with Crippen molar-refractivity contribution in [1.29, 1.82) is 0 Å². The van der Waals surface area contributed by atoms with Gasteiger partial charge in [-0.05, 0) is 48.5 Å². The summed E-state index contributed by atoms with van der Waals surface area (Å²) in [6.45, 7) is 2.15. The Morgan fingerprint density at radius 2 is 1.65 bits per heavy atom. The van der Waals surface area contributed by atoms with Crippen molar-refractivity contribution in [3.8, 4) is 11.5 Å². The van der Waals surface area contributed by atoms with E-state index in [1.165, 1.54) is 36.4 Å². The molecule has 3 aromatic carbocycles. The van der Waals surface area contributed by atoms with E-state index in [0.29, 0.717) is 55.9 Å². The Balaban J connectivity index is 1.37. The summed E-state index contributed by atoms with van der Waals surface area (Å²) in [7, 11) is -4.24. The maximum atomic E-state index is 14.1. The maximum absolute atomic E-state index is 14.1. The molecule has 5 rings (SSSR count). The zero-order valence-corrected chi connectivity index (χ0v) is 21.4. The highest BCUT2D eigenvalue weighted by Gasteiger charge is 2.31. The third-order valence-electron chi connectivity index (χ3n) is 6.28. The van der Waals surface area contributed by atoms with Crippen LogP contribution in [0.15, 0.2) is 71.6 Å². The number of carbonyl (C=O) groups is 1. The van der Waals surface area contributed by atoms with Crippen LogP contribution < -0.4 is 18.7 Å². The molecular formula is C26H25ClFN3O5S. The smallest absolute Gasteiger partial charge is 0.264 e. The van der Waals surface area contributed by atoms with Gasteiger partial charge in [0.15, 0.2) is 11.5 Å². The van der Waals surface area contributed by atoms with Crippen LogP contribution in [-0.2, 0) is 14.8 Å². The molecular weight excluding hydrogens is 521 g/mol. The number of sulfonamides is 1.